The lowest BCUT2D eigenvalue weighted by molar-refractivity contribution is 0.304. The van der Waals surface area contributed by atoms with Gasteiger partial charge >= 0.3 is 0 Å². The molecule has 2 rings (SSSR count). The number of phenolic OH excluding ortho intramolecular Hbond substituents is 1. The second-order valence-corrected chi connectivity index (χ2v) is 5.11. The average molecular weight is 218 g/mol. The first kappa shape index (κ1) is 11.5. The van der Waals surface area contributed by atoms with E-state index in [1.54, 1.807) is 0 Å². The highest BCUT2D eigenvalue weighted by Crippen LogP contribution is 2.38. The molecule has 1 heteroatoms. The van der Waals surface area contributed by atoms with Crippen LogP contribution < -0.4 is 0 Å². The SMILES string of the molecule is CCCC1CCCC(c2ccc(O)cc2)C1. The Labute approximate surface area is 98.5 Å². The summed E-state index contributed by atoms with van der Waals surface area (Å²) in [4.78, 5) is 0. The minimum absolute atomic E-state index is 0.379. The highest BCUT2D eigenvalue weighted by Gasteiger charge is 2.22. The third-order valence-electron chi connectivity index (χ3n) is 3.84. The summed E-state index contributed by atoms with van der Waals surface area (Å²) < 4.78 is 0. The largest absolute Gasteiger partial charge is 0.508 e. The Morgan fingerprint density at radius 1 is 1.19 bits per heavy atom. The van der Waals surface area contributed by atoms with Gasteiger partial charge < -0.3 is 5.11 Å². The van der Waals surface area contributed by atoms with E-state index in [1.807, 2.05) is 12.1 Å². The maximum Gasteiger partial charge on any atom is 0.115 e. The van der Waals surface area contributed by atoms with E-state index in [-0.39, 0.29) is 0 Å². The molecule has 0 aliphatic heterocycles. The Kier molecular flexibility index (Phi) is 3.87. The molecule has 0 saturated heterocycles. The summed E-state index contributed by atoms with van der Waals surface area (Å²) in [7, 11) is 0. The van der Waals surface area contributed by atoms with Crippen LogP contribution in [0.15, 0.2) is 24.3 Å². The van der Waals surface area contributed by atoms with Gasteiger partial charge in [0.25, 0.3) is 0 Å². The van der Waals surface area contributed by atoms with Gasteiger partial charge in [-0.3, -0.25) is 0 Å². The van der Waals surface area contributed by atoms with Crippen LogP contribution in [0, 0.1) is 5.92 Å². The van der Waals surface area contributed by atoms with Crippen molar-refractivity contribution in [2.75, 3.05) is 0 Å². The van der Waals surface area contributed by atoms with E-state index in [0.717, 1.165) is 11.8 Å². The molecule has 2 unspecified atom stereocenters. The third-order valence-corrected chi connectivity index (χ3v) is 3.84. The molecule has 0 aromatic heterocycles. The Morgan fingerprint density at radius 3 is 2.62 bits per heavy atom. The molecule has 1 aliphatic rings. The first-order valence-electron chi connectivity index (χ1n) is 6.58. The first-order valence-corrected chi connectivity index (χ1v) is 6.58. The van der Waals surface area contributed by atoms with Gasteiger partial charge in [-0.05, 0) is 42.4 Å². The van der Waals surface area contributed by atoms with Crippen LogP contribution in [0.5, 0.6) is 5.75 Å². The van der Waals surface area contributed by atoms with Crippen molar-refractivity contribution in [1.82, 2.24) is 0 Å². The van der Waals surface area contributed by atoms with Gasteiger partial charge in [0.15, 0.2) is 0 Å². The molecule has 16 heavy (non-hydrogen) atoms. The molecule has 1 fully saturated rings. The van der Waals surface area contributed by atoms with Gasteiger partial charge in [-0.15, -0.1) is 0 Å². The zero-order valence-electron chi connectivity index (χ0n) is 10.2. The smallest absolute Gasteiger partial charge is 0.115 e. The van der Waals surface area contributed by atoms with Gasteiger partial charge in [-0.1, -0.05) is 44.7 Å². The Morgan fingerprint density at radius 2 is 1.94 bits per heavy atom. The molecule has 0 bridgehead atoms. The van der Waals surface area contributed by atoms with Crippen molar-refractivity contribution in [2.45, 2.75) is 51.4 Å². The summed E-state index contributed by atoms with van der Waals surface area (Å²) in [6.45, 7) is 2.28. The lowest BCUT2D eigenvalue weighted by Gasteiger charge is -2.29. The molecule has 0 radical (unpaired) electrons. The van der Waals surface area contributed by atoms with Crippen LogP contribution in [0.3, 0.4) is 0 Å². The number of aromatic hydroxyl groups is 1. The number of phenols is 1. The zero-order chi connectivity index (χ0) is 11.4. The average Bonchev–Trinajstić information content (AvgIpc) is 2.31. The second-order valence-electron chi connectivity index (χ2n) is 5.11. The van der Waals surface area contributed by atoms with E-state index in [1.165, 1.54) is 44.1 Å². The van der Waals surface area contributed by atoms with Gasteiger partial charge in [0.1, 0.15) is 5.75 Å². The van der Waals surface area contributed by atoms with Gasteiger partial charge in [0, 0.05) is 0 Å². The molecule has 0 heterocycles. The van der Waals surface area contributed by atoms with E-state index >= 15 is 0 Å². The van der Waals surface area contributed by atoms with Crippen molar-refractivity contribution in [2.24, 2.45) is 5.92 Å². The topological polar surface area (TPSA) is 20.2 Å². The maximum atomic E-state index is 9.29. The van der Waals surface area contributed by atoms with E-state index in [4.69, 9.17) is 0 Å². The Balaban J connectivity index is 2.01. The molecule has 1 aliphatic carbocycles. The molecule has 1 saturated carbocycles. The monoisotopic (exact) mass is 218 g/mol. The fraction of sp³-hybridized carbons (Fsp3) is 0.600. The van der Waals surface area contributed by atoms with E-state index in [9.17, 15) is 5.11 Å². The van der Waals surface area contributed by atoms with Crippen LogP contribution in [-0.2, 0) is 0 Å². The van der Waals surface area contributed by atoms with Gasteiger partial charge in [0.05, 0.1) is 0 Å². The summed E-state index contributed by atoms with van der Waals surface area (Å²) in [5.41, 5.74) is 1.42. The minimum atomic E-state index is 0.379. The number of rotatable bonds is 3. The molecule has 0 spiro atoms. The van der Waals surface area contributed by atoms with Crippen LogP contribution in [0.1, 0.15) is 56.9 Å². The quantitative estimate of drug-likeness (QED) is 0.793. The lowest BCUT2D eigenvalue weighted by Crippen LogP contribution is -2.14. The lowest BCUT2D eigenvalue weighted by atomic mass is 9.76. The second kappa shape index (κ2) is 5.38. The molecule has 1 N–H and O–H groups in total. The van der Waals surface area contributed by atoms with Crippen molar-refractivity contribution < 1.29 is 5.11 Å². The predicted octanol–water partition coefficient (Wildman–Crippen LogP) is 4.47. The number of hydrogen-bond acceptors (Lipinski definition) is 1. The van der Waals surface area contributed by atoms with Crippen molar-refractivity contribution in [3.05, 3.63) is 29.8 Å². The van der Waals surface area contributed by atoms with Crippen molar-refractivity contribution in [3.63, 3.8) is 0 Å². The fourth-order valence-electron chi connectivity index (χ4n) is 3.01. The van der Waals surface area contributed by atoms with Crippen LogP contribution in [0.2, 0.25) is 0 Å². The molecule has 1 nitrogen and oxygen atoms in total. The van der Waals surface area contributed by atoms with Crippen molar-refractivity contribution in [3.8, 4) is 5.75 Å². The number of benzene rings is 1. The van der Waals surface area contributed by atoms with Crippen molar-refractivity contribution >= 4 is 0 Å². The molecule has 0 amide bonds. The summed E-state index contributed by atoms with van der Waals surface area (Å²) in [5.74, 6) is 2.04. The molecule has 88 valence electrons. The summed E-state index contributed by atoms with van der Waals surface area (Å²) >= 11 is 0. The minimum Gasteiger partial charge on any atom is -0.508 e. The Bertz CT molecular complexity index is 313. The highest BCUT2D eigenvalue weighted by atomic mass is 16.3. The van der Waals surface area contributed by atoms with Crippen LogP contribution in [0.4, 0.5) is 0 Å². The fourth-order valence-corrected chi connectivity index (χ4v) is 3.01. The molecule has 1 aromatic rings. The maximum absolute atomic E-state index is 9.29. The van der Waals surface area contributed by atoms with E-state index in [0.29, 0.717) is 5.75 Å². The van der Waals surface area contributed by atoms with E-state index < -0.39 is 0 Å². The van der Waals surface area contributed by atoms with Gasteiger partial charge in [-0.25, -0.2) is 0 Å². The zero-order valence-corrected chi connectivity index (χ0v) is 10.2. The van der Waals surface area contributed by atoms with Crippen LogP contribution >= 0.6 is 0 Å². The normalized spacial score (nSPS) is 25.6. The number of hydrogen-bond donors (Lipinski definition) is 1. The Hall–Kier alpha value is -0.980. The van der Waals surface area contributed by atoms with Gasteiger partial charge in [0.2, 0.25) is 0 Å². The summed E-state index contributed by atoms with van der Waals surface area (Å²) in [6, 6.07) is 7.82. The molecular formula is C15H22O. The van der Waals surface area contributed by atoms with Crippen LogP contribution in [0.25, 0.3) is 0 Å². The molecular weight excluding hydrogens is 196 g/mol. The third kappa shape index (κ3) is 2.78. The summed E-state index contributed by atoms with van der Waals surface area (Å²) in [5, 5.41) is 9.29. The van der Waals surface area contributed by atoms with Crippen LogP contribution in [-0.4, -0.2) is 5.11 Å². The molecule has 1 aromatic carbocycles. The van der Waals surface area contributed by atoms with Gasteiger partial charge in [-0.2, -0.15) is 0 Å². The molecule has 2 atom stereocenters. The van der Waals surface area contributed by atoms with E-state index in [2.05, 4.69) is 19.1 Å². The first-order chi connectivity index (χ1) is 7.79. The predicted molar refractivity (Wildman–Crippen MR) is 67.7 cm³/mol. The standard InChI is InChI=1S/C15H22O/c1-2-4-12-5-3-6-14(11-12)13-7-9-15(16)10-8-13/h7-10,12,14,16H,2-6,11H2,1H3. The highest BCUT2D eigenvalue weighted by molar-refractivity contribution is 5.28. The summed E-state index contributed by atoms with van der Waals surface area (Å²) in [6.07, 6.45) is 8.16. The van der Waals surface area contributed by atoms with Crippen molar-refractivity contribution in [1.29, 1.82) is 0 Å².